The average Bonchev–Trinajstić information content (AvgIpc) is 3.29. The van der Waals surface area contributed by atoms with Crippen molar-refractivity contribution in [2.45, 2.75) is 57.1 Å². The summed E-state index contributed by atoms with van der Waals surface area (Å²) in [6.45, 7) is 3.05. The monoisotopic (exact) mass is 556 g/mol. The highest BCUT2D eigenvalue weighted by molar-refractivity contribution is 6.05. The van der Waals surface area contributed by atoms with Gasteiger partial charge < -0.3 is 15.0 Å². The number of nitrogens with one attached hydrogen (secondary N) is 2. The largest absolute Gasteiger partial charge is 0.487 e. The highest BCUT2D eigenvalue weighted by atomic mass is 19.1. The minimum absolute atomic E-state index is 0.00325. The van der Waals surface area contributed by atoms with E-state index in [9.17, 15) is 18.8 Å². The Kier molecular flexibility index (Phi) is 7.80. The van der Waals surface area contributed by atoms with Crippen molar-refractivity contribution in [3.8, 4) is 5.75 Å². The zero-order valence-electron chi connectivity index (χ0n) is 22.7. The van der Waals surface area contributed by atoms with Gasteiger partial charge in [-0.25, -0.2) is 4.39 Å². The molecule has 3 aliphatic rings. The SMILES string of the molecule is O=C1CCC(N2Cc3cc(O[C@@H]4CN(Cc5ccccc5)CC[C@H]4NCc4ccccc4F)ccc3C2=O)C(=O)N1. The standard InChI is InChI=1S/C32H33FN4O4/c33-26-9-5-4-8-22(26)17-34-27-14-15-36(18-21-6-2-1-3-7-21)20-29(27)41-24-10-11-25-23(16-24)19-37(32(25)40)28-12-13-30(38)35-31(28)39/h1-11,16,27-29,34H,12-15,17-20H2,(H,35,38,39)/t27-,28?,29-/m1/s1. The number of fused-ring (bicyclic) bond motifs is 1. The molecule has 2 saturated heterocycles. The van der Waals surface area contributed by atoms with Crippen molar-refractivity contribution >= 4 is 17.7 Å². The molecule has 41 heavy (non-hydrogen) atoms. The Morgan fingerprint density at radius 2 is 1.78 bits per heavy atom. The van der Waals surface area contributed by atoms with Gasteiger partial charge in [-0.2, -0.15) is 0 Å². The maximum atomic E-state index is 14.3. The summed E-state index contributed by atoms with van der Waals surface area (Å²) in [6.07, 6.45) is 1.16. The second kappa shape index (κ2) is 11.8. The lowest BCUT2D eigenvalue weighted by atomic mass is 10.00. The summed E-state index contributed by atoms with van der Waals surface area (Å²) in [5, 5.41) is 5.87. The first-order valence-corrected chi connectivity index (χ1v) is 14.1. The highest BCUT2D eigenvalue weighted by Crippen LogP contribution is 2.31. The first-order chi connectivity index (χ1) is 19.9. The Morgan fingerprint density at radius 3 is 2.59 bits per heavy atom. The molecule has 3 atom stereocenters. The van der Waals surface area contributed by atoms with Gasteiger partial charge in [-0.3, -0.25) is 24.6 Å². The molecular weight excluding hydrogens is 523 g/mol. The summed E-state index contributed by atoms with van der Waals surface area (Å²) in [6, 6.07) is 21.9. The molecule has 1 unspecified atom stereocenters. The molecule has 9 heteroatoms. The van der Waals surface area contributed by atoms with Crippen molar-refractivity contribution in [1.29, 1.82) is 0 Å². The summed E-state index contributed by atoms with van der Waals surface area (Å²) in [5.74, 6) is -0.535. The molecule has 0 radical (unpaired) electrons. The molecule has 3 aromatic carbocycles. The molecule has 6 rings (SSSR count). The number of benzene rings is 3. The van der Waals surface area contributed by atoms with Crippen LogP contribution in [0.3, 0.4) is 0 Å². The molecule has 2 fully saturated rings. The van der Waals surface area contributed by atoms with Gasteiger partial charge in [-0.05, 0) is 48.2 Å². The lowest BCUT2D eigenvalue weighted by molar-refractivity contribution is -0.136. The van der Waals surface area contributed by atoms with E-state index >= 15 is 0 Å². The predicted molar refractivity (Wildman–Crippen MR) is 150 cm³/mol. The number of amides is 3. The van der Waals surface area contributed by atoms with Crippen LogP contribution < -0.4 is 15.4 Å². The lowest BCUT2D eigenvalue weighted by Crippen LogP contribution is -2.54. The minimum atomic E-state index is -0.658. The third kappa shape index (κ3) is 6.01. The van der Waals surface area contributed by atoms with Crippen LogP contribution in [-0.4, -0.2) is 58.8 Å². The Labute approximate surface area is 238 Å². The molecule has 212 valence electrons. The van der Waals surface area contributed by atoms with Crippen LogP contribution in [0.2, 0.25) is 0 Å². The highest BCUT2D eigenvalue weighted by Gasteiger charge is 2.39. The number of nitrogens with zero attached hydrogens (tertiary/aromatic N) is 2. The van der Waals surface area contributed by atoms with Crippen LogP contribution in [0, 0.1) is 5.82 Å². The molecule has 3 amide bonds. The van der Waals surface area contributed by atoms with Gasteiger partial charge in [-0.1, -0.05) is 48.5 Å². The molecule has 3 aliphatic heterocycles. The summed E-state index contributed by atoms with van der Waals surface area (Å²) in [4.78, 5) is 41.0. The topological polar surface area (TPSA) is 91.0 Å². The molecule has 2 N–H and O–H groups in total. The normalized spacial score (nSPS) is 22.9. The fraction of sp³-hybridized carbons (Fsp3) is 0.344. The molecule has 3 aromatic rings. The molecule has 3 heterocycles. The van der Waals surface area contributed by atoms with Crippen molar-refractivity contribution in [2.24, 2.45) is 0 Å². The van der Waals surface area contributed by atoms with Crippen LogP contribution in [0.25, 0.3) is 0 Å². The van der Waals surface area contributed by atoms with Crippen LogP contribution in [0.15, 0.2) is 72.8 Å². The van der Waals surface area contributed by atoms with Gasteiger partial charge in [0.2, 0.25) is 11.8 Å². The Balaban J connectivity index is 1.17. The van der Waals surface area contributed by atoms with E-state index in [0.717, 1.165) is 25.1 Å². The minimum Gasteiger partial charge on any atom is -0.487 e. The van der Waals surface area contributed by atoms with Crippen molar-refractivity contribution in [3.05, 3.63) is 101 Å². The molecule has 8 nitrogen and oxygen atoms in total. The molecular formula is C32H33FN4O4. The zero-order chi connectivity index (χ0) is 28.3. The second-order valence-corrected chi connectivity index (χ2v) is 11.0. The Hall–Kier alpha value is -4.08. The van der Waals surface area contributed by atoms with E-state index in [1.165, 1.54) is 16.5 Å². The summed E-state index contributed by atoms with van der Waals surface area (Å²) < 4.78 is 20.9. The quantitative estimate of drug-likeness (QED) is 0.414. The van der Waals surface area contributed by atoms with E-state index in [0.29, 0.717) is 36.4 Å². The number of carbonyl (C=O) groups is 3. The number of carbonyl (C=O) groups excluding carboxylic acids is 3. The van der Waals surface area contributed by atoms with Gasteiger partial charge in [0.05, 0.1) is 0 Å². The number of hydrogen-bond donors (Lipinski definition) is 2. The van der Waals surface area contributed by atoms with Crippen molar-refractivity contribution in [2.75, 3.05) is 13.1 Å². The van der Waals surface area contributed by atoms with Gasteiger partial charge in [0.1, 0.15) is 23.7 Å². The average molecular weight is 557 g/mol. The zero-order valence-corrected chi connectivity index (χ0v) is 22.7. The van der Waals surface area contributed by atoms with Crippen molar-refractivity contribution in [1.82, 2.24) is 20.4 Å². The third-order valence-corrected chi connectivity index (χ3v) is 8.19. The van der Waals surface area contributed by atoms with Gasteiger partial charge in [-0.15, -0.1) is 0 Å². The van der Waals surface area contributed by atoms with E-state index in [2.05, 4.69) is 27.7 Å². The van der Waals surface area contributed by atoms with Crippen molar-refractivity contribution in [3.63, 3.8) is 0 Å². The third-order valence-electron chi connectivity index (χ3n) is 8.19. The summed E-state index contributed by atoms with van der Waals surface area (Å²) in [5.41, 5.74) is 3.19. The smallest absolute Gasteiger partial charge is 0.255 e. The molecule has 0 bridgehead atoms. The van der Waals surface area contributed by atoms with Crippen LogP contribution in [0.1, 0.15) is 46.3 Å². The maximum absolute atomic E-state index is 14.3. The number of imide groups is 1. The van der Waals surface area contributed by atoms with E-state index in [4.69, 9.17) is 4.74 Å². The van der Waals surface area contributed by atoms with E-state index < -0.39 is 11.9 Å². The van der Waals surface area contributed by atoms with Gasteiger partial charge in [0.15, 0.2) is 0 Å². The fourth-order valence-corrected chi connectivity index (χ4v) is 6.00. The Morgan fingerprint density at radius 1 is 0.976 bits per heavy atom. The van der Waals surface area contributed by atoms with Crippen LogP contribution in [-0.2, 0) is 29.2 Å². The molecule has 0 aliphatic carbocycles. The summed E-state index contributed by atoms with van der Waals surface area (Å²) >= 11 is 0. The van der Waals surface area contributed by atoms with E-state index in [-0.39, 0.29) is 42.7 Å². The number of hydrogen-bond acceptors (Lipinski definition) is 6. The number of halogens is 1. The van der Waals surface area contributed by atoms with Crippen molar-refractivity contribution < 1.29 is 23.5 Å². The van der Waals surface area contributed by atoms with E-state index in [1.54, 1.807) is 24.3 Å². The summed E-state index contributed by atoms with van der Waals surface area (Å²) in [7, 11) is 0. The number of piperidine rings is 2. The molecule has 0 aromatic heterocycles. The molecule has 0 spiro atoms. The van der Waals surface area contributed by atoms with E-state index in [1.807, 2.05) is 30.3 Å². The first-order valence-electron chi connectivity index (χ1n) is 14.1. The number of likely N-dealkylation sites (tertiary alicyclic amines) is 1. The van der Waals surface area contributed by atoms with Crippen LogP contribution in [0.4, 0.5) is 4.39 Å². The lowest BCUT2D eigenvalue weighted by Gasteiger charge is -2.39. The van der Waals surface area contributed by atoms with Gasteiger partial charge in [0.25, 0.3) is 5.91 Å². The van der Waals surface area contributed by atoms with Crippen LogP contribution >= 0.6 is 0 Å². The maximum Gasteiger partial charge on any atom is 0.255 e. The fourth-order valence-electron chi connectivity index (χ4n) is 6.00. The predicted octanol–water partition coefficient (Wildman–Crippen LogP) is 3.40. The first kappa shape index (κ1) is 27.1. The second-order valence-electron chi connectivity index (χ2n) is 11.0. The Bertz CT molecular complexity index is 1450. The number of rotatable bonds is 8. The van der Waals surface area contributed by atoms with Crippen LogP contribution in [0.5, 0.6) is 5.75 Å². The molecule has 0 saturated carbocycles. The number of ether oxygens (including phenoxy) is 1. The van der Waals surface area contributed by atoms with Gasteiger partial charge in [0, 0.05) is 56.3 Å². The van der Waals surface area contributed by atoms with Gasteiger partial charge >= 0.3 is 0 Å².